The van der Waals surface area contributed by atoms with Gasteiger partial charge in [-0.3, -0.25) is 19.2 Å². The monoisotopic (exact) mass is 900 g/mol. The highest BCUT2D eigenvalue weighted by Crippen LogP contribution is 2.38. The number of aliphatic hydroxyl groups excluding tert-OH is 3. The fraction of sp³-hybridized carbons (Fsp3) is 0.740. The molecule has 360 valence electrons. The lowest BCUT2D eigenvalue weighted by atomic mass is 9.78. The molecule has 2 saturated heterocycles. The van der Waals surface area contributed by atoms with Crippen LogP contribution in [0.4, 0.5) is 0 Å². The van der Waals surface area contributed by atoms with Crippen LogP contribution in [0.15, 0.2) is 47.6 Å². The molecule has 1 amide bonds. The first-order valence-corrected chi connectivity index (χ1v) is 23.5. The molecule has 3 fully saturated rings. The van der Waals surface area contributed by atoms with Crippen molar-refractivity contribution >= 4 is 29.2 Å². The topological polar surface area (TPSA) is 206 Å². The molecule has 2 bridgehead atoms. The van der Waals surface area contributed by atoms with Gasteiger partial charge in [-0.25, -0.2) is 4.79 Å². The van der Waals surface area contributed by atoms with Gasteiger partial charge in [0.25, 0.3) is 11.7 Å². The molecular formula is C50H77NO13. The van der Waals surface area contributed by atoms with E-state index in [9.17, 15) is 44.4 Å². The summed E-state index contributed by atoms with van der Waals surface area (Å²) in [6, 6.07) is -1.15. The molecule has 64 heavy (non-hydrogen) atoms. The summed E-state index contributed by atoms with van der Waals surface area (Å²) in [6.45, 7) is 12.4. The molecule has 0 aromatic heterocycles. The summed E-state index contributed by atoms with van der Waals surface area (Å²) in [6.07, 6.45) is 9.84. The number of aliphatic hydroxyl groups is 4. The van der Waals surface area contributed by atoms with Crippen molar-refractivity contribution in [2.45, 2.75) is 180 Å². The molecule has 0 aromatic rings. The van der Waals surface area contributed by atoms with E-state index >= 15 is 0 Å². The molecule has 0 aromatic carbocycles. The highest BCUT2D eigenvalue weighted by Gasteiger charge is 2.53. The van der Waals surface area contributed by atoms with Crippen molar-refractivity contribution in [3.63, 3.8) is 0 Å². The molecule has 0 radical (unpaired) electrons. The summed E-state index contributed by atoms with van der Waals surface area (Å²) in [4.78, 5) is 71.2. The van der Waals surface area contributed by atoms with Crippen molar-refractivity contribution in [3.05, 3.63) is 47.6 Å². The maximum atomic E-state index is 14.3. The Morgan fingerprint density at radius 3 is 2.25 bits per heavy atom. The molecule has 14 heteroatoms. The van der Waals surface area contributed by atoms with Crippen LogP contribution in [0, 0.1) is 35.5 Å². The van der Waals surface area contributed by atoms with Gasteiger partial charge >= 0.3 is 5.97 Å². The molecule has 4 aliphatic rings. The van der Waals surface area contributed by atoms with Gasteiger partial charge in [0.05, 0.1) is 24.4 Å². The van der Waals surface area contributed by atoms with Crippen LogP contribution in [0.2, 0.25) is 0 Å². The predicted molar refractivity (Wildman–Crippen MR) is 240 cm³/mol. The zero-order valence-corrected chi connectivity index (χ0v) is 39.6. The predicted octanol–water partition coefficient (Wildman–Crippen LogP) is 5.53. The Bertz CT molecular complexity index is 1740. The van der Waals surface area contributed by atoms with Gasteiger partial charge in [0, 0.05) is 51.4 Å². The van der Waals surface area contributed by atoms with Crippen molar-refractivity contribution in [2.75, 3.05) is 20.8 Å². The number of piperidine rings is 1. The van der Waals surface area contributed by atoms with Gasteiger partial charge in [0.1, 0.15) is 30.1 Å². The summed E-state index contributed by atoms with van der Waals surface area (Å²) in [5, 5.41) is 44.5. The quantitative estimate of drug-likeness (QED) is 0.153. The lowest BCUT2D eigenvalue weighted by molar-refractivity contribution is -0.265. The fourth-order valence-electron chi connectivity index (χ4n) is 9.89. The van der Waals surface area contributed by atoms with Crippen LogP contribution < -0.4 is 0 Å². The number of fused-ring (bicyclic) bond motifs is 3. The summed E-state index contributed by atoms with van der Waals surface area (Å²) in [7, 11) is 3.12. The van der Waals surface area contributed by atoms with Crippen LogP contribution in [-0.4, -0.2) is 130 Å². The van der Waals surface area contributed by atoms with Crippen molar-refractivity contribution in [1.29, 1.82) is 0 Å². The first kappa shape index (κ1) is 53.2. The number of carbonyl (C=O) groups excluding carboxylic acids is 5. The molecule has 4 N–H and O–H groups in total. The number of hydrogen-bond donors (Lipinski definition) is 4. The van der Waals surface area contributed by atoms with Crippen molar-refractivity contribution in [1.82, 2.24) is 4.90 Å². The standard InChI is InChI=1S/C50H77NO13/c1-29-15-11-10-12-16-30(2)41(61-8)27-37-20-18-35(7)50(60,64-37)47(57)48(58)51-22-14-13-17-38(51)49(59)63-42(32(4)25-36-19-21-39(52)43(26-36)62-9)28-40(53)31(3)24-34(6)45(55)46(56)44(54)33(5)23-29/h10-12,15-16,24,29,31-33,35-39,41-43,45-46,52,55-56,60H,13-14,17-23,25-28H2,1-9H3/b12-10+,15-11+,30-16+,34-24+/t29-,31-,32+,33-,35-,36+,37+,38+,39-,41+,42+,43-,45-,46+,50-/m1/s1. The van der Waals surface area contributed by atoms with Gasteiger partial charge < -0.3 is 44.3 Å². The number of cyclic esters (lactones) is 1. The largest absolute Gasteiger partial charge is 0.460 e. The molecule has 0 spiro atoms. The van der Waals surface area contributed by atoms with E-state index in [0.717, 1.165) is 5.57 Å². The molecule has 4 rings (SSSR count). The Morgan fingerprint density at radius 1 is 0.844 bits per heavy atom. The normalized spacial score (nSPS) is 40.9. The van der Waals surface area contributed by atoms with Gasteiger partial charge in [-0.1, -0.05) is 71.1 Å². The lowest BCUT2D eigenvalue weighted by Gasteiger charge is -2.42. The molecule has 3 heterocycles. The van der Waals surface area contributed by atoms with E-state index < -0.39 is 89.6 Å². The zero-order chi connectivity index (χ0) is 47.5. The van der Waals surface area contributed by atoms with E-state index in [1.807, 2.05) is 51.2 Å². The number of Topliss-reactive ketones (excluding diaryl/α,β-unsaturated/α-hetero) is 3. The summed E-state index contributed by atoms with van der Waals surface area (Å²) >= 11 is 0. The average molecular weight is 900 g/mol. The van der Waals surface area contributed by atoms with E-state index in [0.29, 0.717) is 64.2 Å². The zero-order valence-electron chi connectivity index (χ0n) is 39.6. The van der Waals surface area contributed by atoms with Gasteiger partial charge in [0.2, 0.25) is 5.79 Å². The van der Waals surface area contributed by atoms with Crippen molar-refractivity contribution in [3.8, 4) is 0 Å². The summed E-state index contributed by atoms with van der Waals surface area (Å²) in [5.41, 5.74) is 1.11. The molecule has 15 atom stereocenters. The van der Waals surface area contributed by atoms with Crippen molar-refractivity contribution in [2.24, 2.45) is 35.5 Å². The second kappa shape index (κ2) is 24.4. The third-order valence-electron chi connectivity index (χ3n) is 14.2. The number of ether oxygens (including phenoxy) is 4. The molecular weight excluding hydrogens is 823 g/mol. The number of methoxy groups -OCH3 is 2. The second-order valence-electron chi connectivity index (χ2n) is 19.4. The van der Waals surface area contributed by atoms with Crippen LogP contribution in [-0.2, 0) is 42.9 Å². The average Bonchev–Trinajstić information content (AvgIpc) is 3.27. The van der Waals surface area contributed by atoms with Gasteiger partial charge in [0.15, 0.2) is 5.78 Å². The Balaban J connectivity index is 1.69. The van der Waals surface area contributed by atoms with Crippen LogP contribution in [0.3, 0.4) is 0 Å². The minimum absolute atomic E-state index is 0.0365. The Hall–Kier alpha value is -3.37. The lowest BCUT2D eigenvalue weighted by Crippen LogP contribution is -2.61. The van der Waals surface area contributed by atoms with Crippen molar-refractivity contribution < 1.29 is 63.3 Å². The van der Waals surface area contributed by atoms with Crippen LogP contribution in [0.25, 0.3) is 0 Å². The second-order valence-corrected chi connectivity index (χ2v) is 19.4. The van der Waals surface area contributed by atoms with Crippen LogP contribution in [0.1, 0.15) is 126 Å². The Kier molecular flexibility index (Phi) is 20.3. The third kappa shape index (κ3) is 13.8. The SMILES string of the molecule is CO[C@H]1C[C@@H]2CC[C@@H](C)[C@@](O)(O2)C(=O)C(=O)N2CCCC[C@H]2C(=O)O[C@H]([C@@H](C)C[C@@H]2CC[C@@H](O)[C@H](OC)C2)CC(=O)[C@H](C)/C=C(\C)[C@@H](O)[C@@H](O)C(=O)[C@H](C)C[C@H](C)/C=C/C=C/C=C/1C. The number of hydrogen-bond acceptors (Lipinski definition) is 13. The van der Waals surface area contributed by atoms with E-state index in [-0.39, 0.29) is 54.6 Å². The number of ketones is 3. The van der Waals surface area contributed by atoms with Gasteiger partial charge in [-0.05, 0) is 107 Å². The number of allylic oxidation sites excluding steroid dienone is 6. The number of nitrogens with zero attached hydrogens (tertiary/aromatic N) is 1. The maximum Gasteiger partial charge on any atom is 0.329 e. The van der Waals surface area contributed by atoms with E-state index in [1.165, 1.54) is 11.0 Å². The minimum atomic E-state index is -2.44. The van der Waals surface area contributed by atoms with Crippen LogP contribution in [0.5, 0.6) is 0 Å². The first-order valence-electron chi connectivity index (χ1n) is 23.5. The molecule has 1 saturated carbocycles. The van der Waals surface area contributed by atoms with Gasteiger partial charge in [-0.15, -0.1) is 0 Å². The molecule has 1 aliphatic carbocycles. The minimum Gasteiger partial charge on any atom is -0.460 e. The summed E-state index contributed by atoms with van der Waals surface area (Å²) in [5.74, 6) is -8.59. The molecule has 14 nitrogen and oxygen atoms in total. The molecule has 3 aliphatic heterocycles. The Morgan fingerprint density at radius 2 is 1.56 bits per heavy atom. The third-order valence-corrected chi connectivity index (χ3v) is 14.2. The van der Waals surface area contributed by atoms with E-state index in [1.54, 1.807) is 41.9 Å². The highest BCUT2D eigenvalue weighted by atomic mass is 16.6. The molecule has 0 unspecified atom stereocenters. The van der Waals surface area contributed by atoms with Gasteiger partial charge in [-0.2, -0.15) is 0 Å². The summed E-state index contributed by atoms with van der Waals surface area (Å²) < 4.78 is 23.7. The first-order chi connectivity index (χ1) is 30.2. The van der Waals surface area contributed by atoms with Crippen LogP contribution >= 0.6 is 0 Å². The smallest absolute Gasteiger partial charge is 0.329 e. The number of esters is 1. The number of amides is 1. The van der Waals surface area contributed by atoms with E-state index in [4.69, 9.17) is 18.9 Å². The maximum absolute atomic E-state index is 14.3. The highest BCUT2D eigenvalue weighted by molar-refractivity contribution is 6.39. The fourth-order valence-corrected chi connectivity index (χ4v) is 9.89. The van der Waals surface area contributed by atoms with E-state index in [2.05, 4.69) is 0 Å². The number of carbonyl (C=O) groups is 5. The Labute approximate surface area is 380 Å². The number of rotatable bonds is 5.